The molecule has 0 spiro atoms. The number of halogens is 5. The molecule has 10 heteroatoms. The summed E-state index contributed by atoms with van der Waals surface area (Å²) < 4.78 is 64.0. The van der Waals surface area contributed by atoms with Crippen LogP contribution in [0.25, 0.3) is 0 Å². The average molecular weight is 426 g/mol. The zero-order valence-electron chi connectivity index (χ0n) is 15.2. The maximum atomic E-state index is 12.8. The number of carbonyl (C=O) groups excluding carboxylic acids is 1. The van der Waals surface area contributed by atoms with E-state index in [-0.39, 0.29) is 44.1 Å². The largest absolute Gasteiger partial charge is 0.391 e. The molecule has 1 saturated heterocycles. The zero-order valence-corrected chi connectivity index (χ0v) is 16.0. The number of aliphatic hydroxyl groups excluding tert-OH is 1. The van der Waals surface area contributed by atoms with Crippen LogP contribution in [0.15, 0.2) is 0 Å². The molecular weight excluding hydrogens is 403 g/mol. The number of alkyl halides is 5. The van der Waals surface area contributed by atoms with Crippen molar-refractivity contribution in [3.05, 3.63) is 15.6 Å². The first-order valence-electron chi connectivity index (χ1n) is 9.45. The SMILES string of the molecule is O=C(c1nc(C2CCC(C(F)F)CC2)sc1CO)N1CCC(C(F)(F)F)CC1. The molecule has 1 amide bonds. The van der Waals surface area contributed by atoms with Gasteiger partial charge in [0.25, 0.3) is 5.91 Å². The fourth-order valence-corrected chi connectivity index (χ4v) is 5.08. The van der Waals surface area contributed by atoms with Gasteiger partial charge in [0, 0.05) is 24.9 Å². The van der Waals surface area contributed by atoms with Gasteiger partial charge in [-0.2, -0.15) is 13.2 Å². The average Bonchev–Trinajstić information content (AvgIpc) is 3.11. The van der Waals surface area contributed by atoms with Crippen molar-refractivity contribution in [2.75, 3.05) is 13.1 Å². The van der Waals surface area contributed by atoms with Crippen LogP contribution in [0.4, 0.5) is 22.0 Å². The van der Waals surface area contributed by atoms with Crippen LogP contribution in [0.2, 0.25) is 0 Å². The molecule has 1 aromatic heterocycles. The Hall–Kier alpha value is -1.29. The molecule has 0 atom stereocenters. The lowest BCUT2D eigenvalue weighted by molar-refractivity contribution is -0.183. The minimum absolute atomic E-state index is 0.000234. The lowest BCUT2D eigenvalue weighted by Gasteiger charge is -2.32. The Morgan fingerprint density at radius 3 is 2.25 bits per heavy atom. The number of thiazole rings is 1. The summed E-state index contributed by atoms with van der Waals surface area (Å²) in [4.78, 5) is 18.9. The standard InChI is InChI=1S/C18H23F5N2O2S/c19-15(20)10-1-3-11(4-2-10)16-24-14(13(9-26)28-16)17(27)25-7-5-12(6-8-25)18(21,22)23/h10-12,15,26H,1-9H2. The van der Waals surface area contributed by atoms with E-state index in [1.165, 1.54) is 16.2 Å². The highest BCUT2D eigenvalue weighted by atomic mass is 32.1. The van der Waals surface area contributed by atoms with Crippen molar-refractivity contribution in [2.45, 2.75) is 63.7 Å². The minimum atomic E-state index is -4.25. The van der Waals surface area contributed by atoms with Gasteiger partial charge in [-0.25, -0.2) is 13.8 Å². The molecule has 158 valence electrons. The quantitative estimate of drug-likeness (QED) is 0.717. The Morgan fingerprint density at radius 2 is 1.75 bits per heavy atom. The molecule has 0 bridgehead atoms. The van der Waals surface area contributed by atoms with Gasteiger partial charge < -0.3 is 10.0 Å². The van der Waals surface area contributed by atoms with Crippen LogP contribution in [0, 0.1) is 11.8 Å². The molecule has 1 aliphatic carbocycles. The zero-order chi connectivity index (χ0) is 20.5. The van der Waals surface area contributed by atoms with Crippen molar-refractivity contribution in [3.63, 3.8) is 0 Å². The van der Waals surface area contributed by atoms with Crippen LogP contribution >= 0.6 is 11.3 Å². The smallest absolute Gasteiger partial charge is 0.391 e. The molecule has 1 saturated carbocycles. The summed E-state index contributed by atoms with van der Waals surface area (Å²) in [7, 11) is 0. The van der Waals surface area contributed by atoms with Gasteiger partial charge in [-0.1, -0.05) is 0 Å². The minimum Gasteiger partial charge on any atom is -0.391 e. The number of likely N-dealkylation sites (tertiary alicyclic amines) is 1. The van der Waals surface area contributed by atoms with Crippen molar-refractivity contribution >= 4 is 17.2 Å². The number of aromatic nitrogens is 1. The second-order valence-corrected chi connectivity index (χ2v) is 8.65. The summed E-state index contributed by atoms with van der Waals surface area (Å²) in [6, 6.07) is 0. The van der Waals surface area contributed by atoms with E-state index in [2.05, 4.69) is 4.98 Å². The van der Waals surface area contributed by atoms with Crippen molar-refractivity contribution < 1.29 is 31.9 Å². The van der Waals surface area contributed by atoms with E-state index in [4.69, 9.17) is 0 Å². The Labute approximate surface area is 163 Å². The highest BCUT2D eigenvalue weighted by molar-refractivity contribution is 7.12. The van der Waals surface area contributed by atoms with Gasteiger partial charge in [-0.15, -0.1) is 11.3 Å². The fraction of sp³-hybridized carbons (Fsp3) is 0.778. The Balaban J connectivity index is 1.67. The highest BCUT2D eigenvalue weighted by Gasteiger charge is 2.42. The van der Waals surface area contributed by atoms with Crippen LogP contribution in [-0.2, 0) is 6.61 Å². The van der Waals surface area contributed by atoms with Crippen LogP contribution in [-0.4, -0.2) is 46.6 Å². The van der Waals surface area contributed by atoms with Crippen LogP contribution in [0.5, 0.6) is 0 Å². The molecule has 1 aliphatic heterocycles. The molecule has 4 nitrogen and oxygen atoms in total. The summed E-state index contributed by atoms with van der Waals surface area (Å²) >= 11 is 1.20. The first kappa shape index (κ1) is 21.4. The van der Waals surface area contributed by atoms with E-state index < -0.39 is 30.3 Å². The van der Waals surface area contributed by atoms with Gasteiger partial charge in [0.2, 0.25) is 6.43 Å². The molecule has 28 heavy (non-hydrogen) atoms. The summed E-state index contributed by atoms with van der Waals surface area (Å²) in [6.45, 7) is -0.384. The lowest BCUT2D eigenvalue weighted by Crippen LogP contribution is -2.42. The topological polar surface area (TPSA) is 53.4 Å². The summed E-state index contributed by atoms with van der Waals surface area (Å²) in [5.41, 5.74) is 0.0870. The van der Waals surface area contributed by atoms with E-state index >= 15 is 0 Å². The summed E-state index contributed by atoms with van der Waals surface area (Å²) in [5, 5.41) is 10.2. The van der Waals surface area contributed by atoms with Gasteiger partial charge in [0.05, 0.1) is 22.4 Å². The van der Waals surface area contributed by atoms with Crippen LogP contribution in [0.1, 0.15) is 64.8 Å². The molecule has 2 fully saturated rings. The number of carbonyl (C=O) groups is 1. The fourth-order valence-electron chi connectivity index (χ4n) is 4.00. The predicted molar refractivity (Wildman–Crippen MR) is 93.4 cm³/mol. The van der Waals surface area contributed by atoms with Crippen LogP contribution < -0.4 is 0 Å². The van der Waals surface area contributed by atoms with Gasteiger partial charge in [0.1, 0.15) is 5.69 Å². The first-order valence-corrected chi connectivity index (χ1v) is 10.3. The van der Waals surface area contributed by atoms with Gasteiger partial charge >= 0.3 is 6.18 Å². The third kappa shape index (κ3) is 4.64. The summed E-state index contributed by atoms with van der Waals surface area (Å²) in [6.07, 6.45) is -4.97. The Bertz CT molecular complexity index is 678. The molecule has 3 rings (SSSR count). The van der Waals surface area contributed by atoms with E-state index in [0.717, 1.165) is 0 Å². The number of rotatable bonds is 4. The third-order valence-corrected chi connectivity index (χ3v) is 6.99. The molecule has 0 aromatic carbocycles. The predicted octanol–water partition coefficient (Wildman–Crippen LogP) is 4.59. The molecule has 2 heterocycles. The lowest BCUT2D eigenvalue weighted by atomic mass is 9.82. The number of hydrogen-bond donors (Lipinski definition) is 1. The Morgan fingerprint density at radius 1 is 1.14 bits per heavy atom. The van der Waals surface area contributed by atoms with Gasteiger partial charge in [0.15, 0.2) is 0 Å². The second kappa shape index (κ2) is 8.61. The number of aliphatic hydroxyl groups is 1. The van der Waals surface area contributed by atoms with Crippen molar-refractivity contribution in [1.82, 2.24) is 9.88 Å². The van der Waals surface area contributed by atoms with Crippen molar-refractivity contribution in [1.29, 1.82) is 0 Å². The summed E-state index contributed by atoms with van der Waals surface area (Å²) in [5.74, 6) is -2.49. The molecule has 2 aliphatic rings. The third-order valence-electron chi connectivity index (χ3n) is 5.78. The number of nitrogens with zero attached hydrogens (tertiary/aromatic N) is 2. The van der Waals surface area contributed by atoms with E-state index in [9.17, 15) is 31.9 Å². The molecule has 1 N–H and O–H groups in total. The number of amides is 1. The van der Waals surface area contributed by atoms with E-state index in [1.54, 1.807) is 0 Å². The first-order chi connectivity index (χ1) is 13.2. The monoisotopic (exact) mass is 426 g/mol. The second-order valence-electron chi connectivity index (χ2n) is 7.54. The van der Waals surface area contributed by atoms with Crippen molar-refractivity contribution in [3.8, 4) is 0 Å². The normalized spacial score (nSPS) is 24.8. The highest BCUT2D eigenvalue weighted by Crippen LogP contribution is 2.40. The molecule has 0 unspecified atom stereocenters. The van der Waals surface area contributed by atoms with Crippen molar-refractivity contribution in [2.24, 2.45) is 11.8 Å². The van der Waals surface area contributed by atoms with Crippen LogP contribution in [0.3, 0.4) is 0 Å². The van der Waals surface area contributed by atoms with E-state index in [1.807, 2.05) is 0 Å². The molecule has 0 radical (unpaired) electrons. The van der Waals surface area contributed by atoms with Gasteiger partial charge in [-0.05, 0) is 38.5 Å². The maximum Gasteiger partial charge on any atom is 0.391 e. The number of piperidine rings is 1. The molecular formula is C18H23F5N2O2S. The van der Waals surface area contributed by atoms with E-state index in [0.29, 0.717) is 35.6 Å². The maximum absolute atomic E-state index is 12.8. The van der Waals surface area contributed by atoms with Gasteiger partial charge in [-0.3, -0.25) is 4.79 Å². The Kier molecular flexibility index (Phi) is 6.58. The number of hydrogen-bond acceptors (Lipinski definition) is 4. The molecule has 1 aromatic rings.